The maximum Gasteiger partial charge on any atom is 0.107 e. The van der Waals surface area contributed by atoms with Gasteiger partial charge < -0.3 is 0 Å². The van der Waals surface area contributed by atoms with Crippen molar-refractivity contribution >= 4 is 11.3 Å². The number of hydrogen-bond acceptors (Lipinski definition) is 4. The number of thiazole rings is 1. The zero-order valence-electron chi connectivity index (χ0n) is 11.4. The summed E-state index contributed by atoms with van der Waals surface area (Å²) in [6.45, 7) is 8.37. The Morgan fingerprint density at radius 3 is 2.72 bits per heavy atom. The minimum Gasteiger partial charge on any atom is -0.293 e. The van der Waals surface area contributed by atoms with Crippen LogP contribution in [0.4, 0.5) is 0 Å². The number of rotatable bonds is 5. The molecule has 0 spiro atoms. The molecule has 0 atom stereocenters. The quantitative estimate of drug-likeness (QED) is 0.818. The first kappa shape index (κ1) is 13.5. The van der Waals surface area contributed by atoms with Crippen molar-refractivity contribution in [2.24, 2.45) is 0 Å². The molecule has 0 radical (unpaired) electrons. The molecule has 0 aliphatic heterocycles. The molecule has 1 aliphatic carbocycles. The van der Waals surface area contributed by atoms with Crippen LogP contribution in [-0.2, 0) is 12.0 Å². The molecule has 1 fully saturated rings. The Hall–Kier alpha value is -0.920. The molecule has 0 bridgehead atoms. The van der Waals surface area contributed by atoms with Gasteiger partial charge in [-0.25, -0.2) is 4.98 Å². The molecule has 1 saturated carbocycles. The van der Waals surface area contributed by atoms with Crippen molar-refractivity contribution in [1.29, 1.82) is 5.26 Å². The highest BCUT2D eigenvalue weighted by atomic mass is 32.1. The first-order valence-electron chi connectivity index (χ1n) is 6.56. The number of nitriles is 1. The van der Waals surface area contributed by atoms with Gasteiger partial charge in [0.25, 0.3) is 0 Å². The van der Waals surface area contributed by atoms with Gasteiger partial charge in [-0.15, -0.1) is 11.3 Å². The second-order valence-corrected chi connectivity index (χ2v) is 6.93. The van der Waals surface area contributed by atoms with Gasteiger partial charge in [-0.2, -0.15) is 5.26 Å². The molecule has 0 amide bonds. The van der Waals surface area contributed by atoms with Crippen LogP contribution in [0.5, 0.6) is 0 Å². The van der Waals surface area contributed by atoms with Crippen molar-refractivity contribution in [2.75, 3.05) is 6.54 Å². The fourth-order valence-corrected chi connectivity index (χ4v) is 2.97. The van der Waals surface area contributed by atoms with Gasteiger partial charge in [-0.1, -0.05) is 20.8 Å². The molecule has 0 aromatic carbocycles. The van der Waals surface area contributed by atoms with Crippen LogP contribution in [0.15, 0.2) is 5.38 Å². The second-order valence-electron chi connectivity index (χ2n) is 5.99. The fourth-order valence-electron chi connectivity index (χ4n) is 1.93. The van der Waals surface area contributed by atoms with E-state index in [-0.39, 0.29) is 5.41 Å². The summed E-state index contributed by atoms with van der Waals surface area (Å²) < 4.78 is 0. The van der Waals surface area contributed by atoms with Crippen LogP contribution < -0.4 is 0 Å². The molecular weight excluding hydrogens is 242 g/mol. The first-order valence-corrected chi connectivity index (χ1v) is 7.44. The monoisotopic (exact) mass is 263 g/mol. The van der Waals surface area contributed by atoms with Gasteiger partial charge >= 0.3 is 0 Å². The molecule has 3 nitrogen and oxygen atoms in total. The normalized spacial score (nSPS) is 15.9. The van der Waals surface area contributed by atoms with Gasteiger partial charge in [0.15, 0.2) is 0 Å². The Morgan fingerprint density at radius 2 is 2.22 bits per heavy atom. The summed E-state index contributed by atoms with van der Waals surface area (Å²) in [4.78, 5) is 7.14. The highest BCUT2D eigenvalue weighted by Crippen LogP contribution is 2.30. The van der Waals surface area contributed by atoms with E-state index in [1.54, 1.807) is 11.3 Å². The van der Waals surface area contributed by atoms with Crippen molar-refractivity contribution in [2.45, 2.75) is 58.0 Å². The predicted octanol–water partition coefficient (Wildman–Crippen LogP) is 3.32. The smallest absolute Gasteiger partial charge is 0.107 e. The highest BCUT2D eigenvalue weighted by molar-refractivity contribution is 7.09. The van der Waals surface area contributed by atoms with Crippen LogP contribution in [0.1, 0.15) is 50.7 Å². The molecule has 2 rings (SSSR count). The average molecular weight is 263 g/mol. The maximum absolute atomic E-state index is 8.70. The Bertz CT molecular complexity index is 435. The summed E-state index contributed by atoms with van der Waals surface area (Å²) in [6, 6.07) is 2.93. The molecule has 18 heavy (non-hydrogen) atoms. The van der Waals surface area contributed by atoms with Crippen molar-refractivity contribution < 1.29 is 0 Å². The van der Waals surface area contributed by atoms with Crippen LogP contribution in [0.3, 0.4) is 0 Å². The third-order valence-corrected chi connectivity index (χ3v) is 4.07. The molecule has 1 aromatic heterocycles. The van der Waals surface area contributed by atoms with Gasteiger partial charge in [-0.05, 0) is 12.8 Å². The standard InChI is InChI=1S/C14H21N3S/c1-14(2,3)12-10-18-13(16-12)9-17(8-4-7-15)11-5-6-11/h10-11H,4-6,8-9H2,1-3H3. The summed E-state index contributed by atoms with van der Waals surface area (Å²) in [5.74, 6) is 0. The SMILES string of the molecule is CC(C)(C)c1csc(CN(CCC#N)C2CC2)n1. The molecule has 1 aromatic rings. The Morgan fingerprint density at radius 1 is 1.50 bits per heavy atom. The minimum atomic E-state index is 0.131. The Balaban J connectivity index is 1.98. The highest BCUT2D eigenvalue weighted by Gasteiger charge is 2.29. The van der Waals surface area contributed by atoms with E-state index in [9.17, 15) is 0 Å². The summed E-state index contributed by atoms with van der Waals surface area (Å²) in [7, 11) is 0. The van der Waals surface area contributed by atoms with Crippen LogP contribution >= 0.6 is 11.3 Å². The van der Waals surface area contributed by atoms with Crippen molar-refractivity contribution in [3.63, 3.8) is 0 Å². The molecular formula is C14H21N3S. The molecule has 0 saturated heterocycles. The molecule has 0 N–H and O–H groups in total. The summed E-state index contributed by atoms with van der Waals surface area (Å²) >= 11 is 1.75. The van der Waals surface area contributed by atoms with Crippen LogP contribution in [0.25, 0.3) is 0 Å². The van der Waals surface area contributed by atoms with Gasteiger partial charge in [0.1, 0.15) is 5.01 Å². The summed E-state index contributed by atoms with van der Waals surface area (Å²) in [5.41, 5.74) is 1.31. The largest absolute Gasteiger partial charge is 0.293 e. The summed E-state index contributed by atoms with van der Waals surface area (Å²) in [6.07, 6.45) is 3.18. The van der Waals surface area contributed by atoms with Gasteiger partial charge in [0.05, 0.1) is 18.3 Å². The number of nitrogens with zero attached hydrogens (tertiary/aromatic N) is 3. The van der Waals surface area contributed by atoms with Crippen LogP contribution in [0, 0.1) is 11.3 Å². The summed E-state index contributed by atoms with van der Waals surface area (Å²) in [5, 5.41) is 12.1. The predicted molar refractivity (Wildman–Crippen MR) is 74.5 cm³/mol. The van der Waals surface area contributed by atoms with E-state index >= 15 is 0 Å². The molecule has 98 valence electrons. The second kappa shape index (κ2) is 5.38. The molecule has 4 heteroatoms. The van der Waals surface area contributed by atoms with E-state index in [4.69, 9.17) is 10.2 Å². The lowest BCUT2D eigenvalue weighted by Crippen LogP contribution is -2.26. The van der Waals surface area contributed by atoms with Crippen LogP contribution in [0.2, 0.25) is 0 Å². The van der Waals surface area contributed by atoms with Crippen LogP contribution in [-0.4, -0.2) is 22.5 Å². The van der Waals surface area contributed by atoms with E-state index in [1.807, 2.05) is 0 Å². The van der Waals surface area contributed by atoms with E-state index in [1.165, 1.54) is 23.5 Å². The first-order chi connectivity index (χ1) is 8.50. The number of aromatic nitrogens is 1. The zero-order valence-corrected chi connectivity index (χ0v) is 12.3. The van der Waals surface area contributed by atoms with E-state index in [2.05, 4.69) is 37.1 Å². The van der Waals surface area contributed by atoms with Crippen molar-refractivity contribution in [3.8, 4) is 6.07 Å². The number of hydrogen-bond donors (Lipinski definition) is 0. The lowest BCUT2D eigenvalue weighted by molar-refractivity contribution is 0.260. The Kier molecular flexibility index (Phi) is 4.04. The third kappa shape index (κ3) is 3.54. The van der Waals surface area contributed by atoms with Gasteiger partial charge in [0.2, 0.25) is 0 Å². The lowest BCUT2D eigenvalue weighted by atomic mass is 9.93. The molecule has 1 heterocycles. The lowest BCUT2D eigenvalue weighted by Gasteiger charge is -2.19. The Labute approximate surface area is 113 Å². The van der Waals surface area contributed by atoms with Crippen molar-refractivity contribution in [3.05, 3.63) is 16.1 Å². The average Bonchev–Trinajstić information content (AvgIpc) is 3.02. The third-order valence-electron chi connectivity index (χ3n) is 3.23. The molecule has 0 unspecified atom stereocenters. The minimum absolute atomic E-state index is 0.131. The van der Waals surface area contributed by atoms with Crippen molar-refractivity contribution in [1.82, 2.24) is 9.88 Å². The zero-order chi connectivity index (χ0) is 13.2. The van der Waals surface area contributed by atoms with E-state index in [0.717, 1.165) is 13.1 Å². The van der Waals surface area contributed by atoms with Gasteiger partial charge in [0, 0.05) is 29.8 Å². The van der Waals surface area contributed by atoms with E-state index < -0.39 is 0 Å². The maximum atomic E-state index is 8.70. The topological polar surface area (TPSA) is 39.9 Å². The fraction of sp³-hybridized carbons (Fsp3) is 0.714. The molecule has 1 aliphatic rings. The van der Waals surface area contributed by atoms with E-state index in [0.29, 0.717) is 12.5 Å². The van der Waals surface area contributed by atoms with Gasteiger partial charge in [-0.3, -0.25) is 4.90 Å².